The van der Waals surface area contributed by atoms with Gasteiger partial charge in [-0.3, -0.25) is 5.43 Å². The van der Waals surface area contributed by atoms with Crippen LogP contribution < -0.4 is 26.0 Å². The molecule has 0 spiro atoms. The zero-order valence-corrected chi connectivity index (χ0v) is 10.3. The fraction of sp³-hybridized carbons (Fsp3) is 0.273. The van der Waals surface area contributed by atoms with E-state index in [1.165, 1.54) is 19.2 Å². The number of hydrogen-bond acceptors (Lipinski definition) is 7. The third-order valence-electron chi connectivity index (χ3n) is 2.46. The zero-order chi connectivity index (χ0) is 13.7. The van der Waals surface area contributed by atoms with Crippen molar-refractivity contribution in [3.63, 3.8) is 0 Å². The summed E-state index contributed by atoms with van der Waals surface area (Å²) in [7, 11) is 1.46. The first-order chi connectivity index (χ1) is 9.20. The van der Waals surface area contributed by atoms with Gasteiger partial charge in [-0.2, -0.15) is 0 Å². The number of hydrazone groups is 1. The van der Waals surface area contributed by atoms with Gasteiger partial charge in [-0.1, -0.05) is 0 Å². The Morgan fingerprint density at radius 2 is 2.26 bits per heavy atom. The molecule has 1 aliphatic rings. The summed E-state index contributed by atoms with van der Waals surface area (Å²) in [6.45, 7) is 0.387. The molecule has 0 radical (unpaired) electrons. The van der Waals surface area contributed by atoms with Crippen molar-refractivity contribution in [2.75, 3.05) is 13.7 Å². The molecule has 4 N–H and O–H groups in total. The monoisotopic (exact) mass is 266 g/mol. The average Bonchev–Trinajstić information content (AvgIpc) is 2.92. The van der Waals surface area contributed by atoms with Crippen LogP contribution in [0.1, 0.15) is 16.8 Å². The quantitative estimate of drug-likeness (QED) is 0.578. The average molecular weight is 266 g/mol. The Morgan fingerprint density at radius 1 is 1.42 bits per heavy atom. The van der Waals surface area contributed by atoms with Crippen LogP contribution in [0.5, 0.6) is 11.5 Å². The molecule has 0 saturated heterocycles. The van der Waals surface area contributed by atoms with Crippen molar-refractivity contribution in [3.8, 4) is 11.5 Å². The molecule has 102 valence electrons. The van der Waals surface area contributed by atoms with Gasteiger partial charge in [0, 0.05) is 6.42 Å². The molecule has 1 aromatic carbocycles. The predicted octanol–water partition coefficient (Wildman–Crippen LogP) is 0.0882. The van der Waals surface area contributed by atoms with Crippen molar-refractivity contribution in [2.24, 2.45) is 5.10 Å². The Labute approximate surface area is 109 Å². The van der Waals surface area contributed by atoms with E-state index in [1.54, 1.807) is 6.07 Å². The fourth-order valence-electron chi connectivity index (χ4n) is 1.52. The molecule has 0 aromatic heterocycles. The van der Waals surface area contributed by atoms with Crippen LogP contribution in [-0.2, 0) is 0 Å². The highest BCUT2D eigenvalue weighted by Crippen LogP contribution is 2.28. The molecule has 0 bridgehead atoms. The molecule has 8 heteroatoms. The highest BCUT2D eigenvalue weighted by Gasteiger charge is 2.11. The van der Waals surface area contributed by atoms with Gasteiger partial charge < -0.3 is 14.6 Å². The summed E-state index contributed by atoms with van der Waals surface area (Å²) in [5, 5.41) is 12.8. The van der Waals surface area contributed by atoms with E-state index in [2.05, 4.69) is 21.6 Å². The molecule has 0 unspecified atom stereocenters. The molecule has 2 rings (SSSR count). The van der Waals surface area contributed by atoms with Gasteiger partial charge in [0.15, 0.2) is 11.5 Å². The summed E-state index contributed by atoms with van der Waals surface area (Å²) in [5.74, 6) is 0.595. The fourth-order valence-corrected chi connectivity index (χ4v) is 1.52. The number of hydrogen-bond donors (Lipinski definition) is 4. The maximum Gasteiger partial charge on any atom is 0.335 e. The van der Waals surface area contributed by atoms with Crippen molar-refractivity contribution in [1.82, 2.24) is 16.5 Å². The van der Waals surface area contributed by atoms with Crippen LogP contribution in [0.3, 0.4) is 0 Å². The molecule has 0 fully saturated rings. The molecule has 0 aliphatic carbocycles. The number of aromatic carboxylic acids is 1. The number of hydrazine groups is 2. The number of amidine groups is 1. The van der Waals surface area contributed by atoms with E-state index in [0.717, 1.165) is 5.84 Å². The highest BCUT2D eigenvalue weighted by atomic mass is 16.5. The van der Waals surface area contributed by atoms with Crippen LogP contribution in [0.2, 0.25) is 0 Å². The van der Waals surface area contributed by atoms with Crippen LogP contribution >= 0.6 is 0 Å². The van der Waals surface area contributed by atoms with Crippen molar-refractivity contribution < 1.29 is 19.4 Å². The molecule has 1 aromatic rings. The summed E-state index contributed by atoms with van der Waals surface area (Å²) in [6.07, 6.45) is 0.573. The first kappa shape index (κ1) is 13.0. The lowest BCUT2D eigenvalue weighted by Gasteiger charge is -2.11. The number of nitrogens with one attached hydrogen (secondary N) is 3. The van der Waals surface area contributed by atoms with Gasteiger partial charge in [0.2, 0.25) is 0 Å². The number of carboxylic acids is 1. The third-order valence-corrected chi connectivity index (χ3v) is 2.46. The van der Waals surface area contributed by atoms with Gasteiger partial charge in [-0.05, 0) is 18.2 Å². The van der Waals surface area contributed by atoms with Crippen LogP contribution in [-0.4, -0.2) is 30.6 Å². The van der Waals surface area contributed by atoms with Gasteiger partial charge in [-0.15, -0.1) is 10.6 Å². The highest BCUT2D eigenvalue weighted by molar-refractivity contribution is 5.88. The number of ether oxygens (including phenoxy) is 2. The Bertz CT molecular complexity index is 503. The SMILES string of the molecule is COc1cc(C(=O)O)ccc1OCCC1=NNNN1. The standard InChI is InChI=1S/C11H14N4O4/c1-18-9-6-7(11(16)17)2-3-8(9)19-5-4-10-12-14-15-13-10/h2-3,6,14-15H,4-5H2,1H3,(H,12,13)(H,16,17). The van der Waals surface area contributed by atoms with E-state index in [0.29, 0.717) is 24.5 Å². The molecule has 1 heterocycles. The molecule has 0 amide bonds. The van der Waals surface area contributed by atoms with Crippen LogP contribution in [0.25, 0.3) is 0 Å². The van der Waals surface area contributed by atoms with Crippen molar-refractivity contribution in [2.45, 2.75) is 6.42 Å². The summed E-state index contributed by atoms with van der Waals surface area (Å²) in [5.41, 5.74) is 8.11. The molecule has 1 aliphatic heterocycles. The minimum Gasteiger partial charge on any atom is -0.493 e. The van der Waals surface area contributed by atoms with E-state index >= 15 is 0 Å². The van der Waals surface area contributed by atoms with E-state index < -0.39 is 5.97 Å². The lowest BCUT2D eigenvalue weighted by molar-refractivity contribution is 0.0696. The molecule has 19 heavy (non-hydrogen) atoms. The second-order valence-electron chi connectivity index (χ2n) is 3.69. The first-order valence-electron chi connectivity index (χ1n) is 5.57. The number of methoxy groups -OCH3 is 1. The lowest BCUT2D eigenvalue weighted by atomic mass is 10.2. The maximum absolute atomic E-state index is 10.8. The maximum atomic E-state index is 10.8. The number of nitrogens with zero attached hydrogens (tertiary/aromatic N) is 1. The molecule has 8 nitrogen and oxygen atoms in total. The molecular weight excluding hydrogens is 252 g/mol. The second kappa shape index (κ2) is 5.91. The Hall–Kier alpha value is -2.48. The van der Waals surface area contributed by atoms with E-state index in [1.807, 2.05) is 0 Å². The van der Waals surface area contributed by atoms with Crippen LogP contribution in [0.4, 0.5) is 0 Å². The van der Waals surface area contributed by atoms with Gasteiger partial charge >= 0.3 is 5.97 Å². The largest absolute Gasteiger partial charge is 0.493 e. The zero-order valence-electron chi connectivity index (χ0n) is 10.3. The predicted molar refractivity (Wildman–Crippen MR) is 66.9 cm³/mol. The third kappa shape index (κ3) is 3.26. The summed E-state index contributed by atoms with van der Waals surface area (Å²) in [6, 6.07) is 4.46. The number of carbonyl (C=O) groups is 1. The molecule has 0 saturated carbocycles. The summed E-state index contributed by atoms with van der Waals surface area (Å²) >= 11 is 0. The molecule has 0 atom stereocenters. The minimum atomic E-state index is -1.01. The van der Waals surface area contributed by atoms with E-state index in [4.69, 9.17) is 14.6 Å². The van der Waals surface area contributed by atoms with Gasteiger partial charge in [0.1, 0.15) is 5.84 Å². The Kier molecular flexibility index (Phi) is 4.04. The topological polar surface area (TPSA) is 104 Å². The van der Waals surface area contributed by atoms with Crippen molar-refractivity contribution >= 4 is 11.8 Å². The van der Waals surface area contributed by atoms with E-state index in [-0.39, 0.29) is 5.56 Å². The number of benzene rings is 1. The van der Waals surface area contributed by atoms with Gasteiger partial charge in [0.05, 0.1) is 19.3 Å². The normalized spacial score (nSPS) is 13.2. The number of rotatable bonds is 6. The Balaban J connectivity index is 1.97. The Morgan fingerprint density at radius 3 is 2.89 bits per heavy atom. The first-order valence-corrected chi connectivity index (χ1v) is 5.57. The van der Waals surface area contributed by atoms with Crippen LogP contribution in [0, 0.1) is 0 Å². The second-order valence-corrected chi connectivity index (χ2v) is 3.69. The van der Waals surface area contributed by atoms with Crippen molar-refractivity contribution in [3.05, 3.63) is 23.8 Å². The van der Waals surface area contributed by atoms with Crippen LogP contribution in [0.15, 0.2) is 23.3 Å². The lowest BCUT2D eigenvalue weighted by Crippen LogP contribution is -2.35. The van der Waals surface area contributed by atoms with E-state index in [9.17, 15) is 4.79 Å². The molecular formula is C11H14N4O4. The van der Waals surface area contributed by atoms with Gasteiger partial charge in [-0.25, -0.2) is 10.3 Å². The smallest absolute Gasteiger partial charge is 0.335 e. The summed E-state index contributed by atoms with van der Waals surface area (Å²) in [4.78, 5) is 10.8. The minimum absolute atomic E-state index is 0.152. The summed E-state index contributed by atoms with van der Waals surface area (Å²) < 4.78 is 10.6. The number of carboxylic acid groups (broad SMARTS) is 1. The van der Waals surface area contributed by atoms with Gasteiger partial charge in [0.25, 0.3) is 0 Å². The van der Waals surface area contributed by atoms with Crippen molar-refractivity contribution in [1.29, 1.82) is 0 Å².